The van der Waals surface area contributed by atoms with E-state index in [0.717, 1.165) is 24.5 Å². The molecule has 4 aliphatic heterocycles. The number of hydrogen-bond acceptors (Lipinski definition) is 4. The quantitative estimate of drug-likeness (QED) is 0.799. The highest BCUT2D eigenvalue weighted by Crippen LogP contribution is 2.46. The molecule has 1 spiro atoms. The minimum Gasteiger partial charge on any atom is -0.374 e. The Hall–Kier alpha value is 0.230. The Kier molecular flexibility index (Phi) is 3.37. The van der Waals surface area contributed by atoms with E-state index in [2.05, 4.69) is 35.8 Å². The maximum absolute atomic E-state index is 6.22. The Morgan fingerprint density at radius 2 is 2.20 bits per heavy atom. The molecule has 0 aromatic carbocycles. The van der Waals surface area contributed by atoms with Crippen molar-refractivity contribution in [3.8, 4) is 0 Å². The van der Waals surface area contributed by atoms with Gasteiger partial charge >= 0.3 is 0 Å². The van der Waals surface area contributed by atoms with Gasteiger partial charge in [-0.1, -0.05) is 0 Å². The van der Waals surface area contributed by atoms with Crippen LogP contribution in [-0.4, -0.2) is 59.8 Å². The lowest BCUT2D eigenvalue weighted by molar-refractivity contribution is -0.0993. The van der Waals surface area contributed by atoms with Gasteiger partial charge in [0.1, 0.15) is 0 Å². The van der Waals surface area contributed by atoms with Crippen molar-refractivity contribution in [2.24, 2.45) is 11.8 Å². The first-order valence-electron chi connectivity index (χ1n) is 8.30. The van der Waals surface area contributed by atoms with Gasteiger partial charge in [-0.25, -0.2) is 0 Å². The summed E-state index contributed by atoms with van der Waals surface area (Å²) in [6, 6.07) is 0.753. The van der Waals surface area contributed by atoms with E-state index in [1.54, 1.807) is 0 Å². The maximum Gasteiger partial charge on any atom is 0.0795 e. The van der Waals surface area contributed by atoms with Crippen LogP contribution in [-0.2, 0) is 4.74 Å². The topological polar surface area (TPSA) is 24.5 Å². The first-order chi connectivity index (χ1) is 9.61. The number of hydrogen-bond donors (Lipinski definition) is 1. The van der Waals surface area contributed by atoms with Crippen molar-refractivity contribution in [2.45, 2.75) is 50.3 Å². The summed E-state index contributed by atoms with van der Waals surface area (Å²) in [6.45, 7) is 9.70. The van der Waals surface area contributed by atoms with Crippen LogP contribution in [0.1, 0.15) is 33.1 Å². The molecular formula is C16H28N2OS. The van der Waals surface area contributed by atoms with Crippen molar-refractivity contribution in [1.82, 2.24) is 10.2 Å². The smallest absolute Gasteiger partial charge is 0.0795 e. The van der Waals surface area contributed by atoms with Crippen LogP contribution < -0.4 is 5.32 Å². The SMILES string of the molecule is CC1(C)C2CNCC2CN1C1CCOC2(CCSC2)C1. The lowest BCUT2D eigenvalue weighted by atomic mass is 9.83. The fraction of sp³-hybridized carbons (Fsp3) is 1.00. The van der Waals surface area contributed by atoms with Gasteiger partial charge < -0.3 is 10.1 Å². The highest BCUT2D eigenvalue weighted by molar-refractivity contribution is 7.99. The molecule has 0 radical (unpaired) electrons. The molecule has 4 heterocycles. The van der Waals surface area contributed by atoms with Crippen LogP contribution in [0.25, 0.3) is 0 Å². The van der Waals surface area contributed by atoms with E-state index in [1.807, 2.05) is 0 Å². The minimum atomic E-state index is 0.222. The Bertz CT molecular complexity index is 381. The Morgan fingerprint density at radius 1 is 1.30 bits per heavy atom. The normalized spacial score (nSPS) is 48.0. The highest BCUT2D eigenvalue weighted by atomic mass is 32.2. The van der Waals surface area contributed by atoms with E-state index in [1.165, 1.54) is 50.4 Å². The molecule has 4 unspecified atom stereocenters. The molecular weight excluding hydrogens is 268 g/mol. The molecule has 4 heteroatoms. The number of rotatable bonds is 1. The van der Waals surface area contributed by atoms with Crippen LogP contribution in [0, 0.1) is 11.8 Å². The molecule has 20 heavy (non-hydrogen) atoms. The van der Waals surface area contributed by atoms with Crippen LogP contribution in [0.5, 0.6) is 0 Å². The van der Waals surface area contributed by atoms with E-state index in [0.29, 0.717) is 5.54 Å². The minimum absolute atomic E-state index is 0.222. The summed E-state index contributed by atoms with van der Waals surface area (Å²) in [4.78, 5) is 2.86. The van der Waals surface area contributed by atoms with Crippen molar-refractivity contribution in [3.05, 3.63) is 0 Å². The molecule has 1 N–H and O–H groups in total. The van der Waals surface area contributed by atoms with Gasteiger partial charge in [-0.3, -0.25) is 4.90 Å². The molecule has 0 bridgehead atoms. The van der Waals surface area contributed by atoms with Gasteiger partial charge in [-0.05, 0) is 57.2 Å². The third kappa shape index (κ3) is 2.06. The predicted octanol–water partition coefficient (Wildman–Crippen LogP) is 1.97. The second kappa shape index (κ2) is 4.87. The van der Waals surface area contributed by atoms with Crippen molar-refractivity contribution in [3.63, 3.8) is 0 Å². The summed E-state index contributed by atoms with van der Waals surface area (Å²) in [5, 5.41) is 3.60. The average Bonchev–Trinajstić information content (AvgIpc) is 3.09. The summed E-state index contributed by atoms with van der Waals surface area (Å²) in [5.74, 6) is 4.25. The molecule has 0 aromatic heterocycles. The van der Waals surface area contributed by atoms with Crippen LogP contribution in [0.4, 0.5) is 0 Å². The maximum atomic E-state index is 6.22. The summed E-state index contributed by atoms with van der Waals surface area (Å²) >= 11 is 2.09. The summed E-state index contributed by atoms with van der Waals surface area (Å²) in [5.41, 5.74) is 0.586. The van der Waals surface area contributed by atoms with Crippen LogP contribution in [0.15, 0.2) is 0 Å². The van der Waals surface area contributed by atoms with Gasteiger partial charge in [0.25, 0.3) is 0 Å². The molecule has 0 saturated carbocycles. The van der Waals surface area contributed by atoms with Crippen molar-refractivity contribution in [2.75, 3.05) is 37.7 Å². The van der Waals surface area contributed by atoms with Gasteiger partial charge in [0.15, 0.2) is 0 Å². The van der Waals surface area contributed by atoms with Crippen LogP contribution >= 0.6 is 11.8 Å². The van der Waals surface area contributed by atoms with E-state index in [-0.39, 0.29) is 5.60 Å². The third-order valence-corrected chi connectivity index (χ3v) is 7.62. The number of ether oxygens (including phenoxy) is 1. The van der Waals surface area contributed by atoms with E-state index < -0.39 is 0 Å². The van der Waals surface area contributed by atoms with E-state index >= 15 is 0 Å². The van der Waals surface area contributed by atoms with Gasteiger partial charge in [-0.2, -0.15) is 11.8 Å². The zero-order chi connectivity index (χ0) is 13.8. The molecule has 0 aliphatic carbocycles. The first kappa shape index (κ1) is 13.9. The van der Waals surface area contributed by atoms with Gasteiger partial charge in [-0.15, -0.1) is 0 Å². The van der Waals surface area contributed by atoms with E-state index in [9.17, 15) is 0 Å². The van der Waals surface area contributed by atoms with Gasteiger partial charge in [0, 0.05) is 37.0 Å². The standard InChI is InChI=1S/C16H28N2OS/c1-15(2)14-9-17-8-12(14)10-18(15)13-3-5-19-16(7-13)4-6-20-11-16/h12-14,17H,3-11H2,1-2H3. The number of fused-ring (bicyclic) bond motifs is 1. The summed E-state index contributed by atoms with van der Waals surface area (Å²) in [7, 11) is 0. The van der Waals surface area contributed by atoms with Crippen molar-refractivity contribution >= 4 is 11.8 Å². The second-order valence-electron chi connectivity index (χ2n) is 7.81. The molecule has 4 fully saturated rings. The average molecular weight is 296 g/mol. The third-order valence-electron chi connectivity index (χ3n) is 6.39. The van der Waals surface area contributed by atoms with Gasteiger partial charge in [0.2, 0.25) is 0 Å². The molecule has 4 saturated heterocycles. The predicted molar refractivity (Wildman–Crippen MR) is 84.3 cm³/mol. The number of thioether (sulfide) groups is 1. The lowest BCUT2D eigenvalue weighted by Gasteiger charge is -2.47. The van der Waals surface area contributed by atoms with Crippen molar-refractivity contribution in [1.29, 1.82) is 0 Å². The molecule has 4 rings (SSSR count). The first-order valence-corrected chi connectivity index (χ1v) is 9.45. The van der Waals surface area contributed by atoms with Crippen LogP contribution in [0.3, 0.4) is 0 Å². The highest BCUT2D eigenvalue weighted by Gasteiger charge is 2.53. The molecule has 4 atom stereocenters. The molecule has 3 nitrogen and oxygen atoms in total. The lowest BCUT2D eigenvalue weighted by Crippen LogP contribution is -2.55. The number of nitrogens with zero attached hydrogens (tertiary/aromatic N) is 1. The number of likely N-dealkylation sites (tertiary alicyclic amines) is 1. The van der Waals surface area contributed by atoms with E-state index in [4.69, 9.17) is 4.74 Å². The molecule has 4 aliphatic rings. The number of nitrogens with one attached hydrogen (secondary N) is 1. The zero-order valence-corrected chi connectivity index (χ0v) is 13.7. The largest absolute Gasteiger partial charge is 0.374 e. The fourth-order valence-electron chi connectivity index (χ4n) is 5.20. The zero-order valence-electron chi connectivity index (χ0n) is 12.9. The summed E-state index contributed by atoms with van der Waals surface area (Å²) in [6.07, 6.45) is 3.79. The monoisotopic (exact) mass is 296 g/mol. The second-order valence-corrected chi connectivity index (χ2v) is 8.92. The molecule has 0 aromatic rings. The van der Waals surface area contributed by atoms with Crippen molar-refractivity contribution < 1.29 is 4.74 Å². The molecule has 114 valence electrons. The Balaban J connectivity index is 1.52. The summed E-state index contributed by atoms with van der Waals surface area (Å²) < 4.78 is 6.22. The van der Waals surface area contributed by atoms with Crippen LogP contribution in [0.2, 0.25) is 0 Å². The Morgan fingerprint density at radius 3 is 2.95 bits per heavy atom. The fourth-order valence-corrected chi connectivity index (χ4v) is 6.58. The Labute approximate surface area is 127 Å². The van der Waals surface area contributed by atoms with Gasteiger partial charge in [0.05, 0.1) is 5.60 Å². The molecule has 0 amide bonds.